The van der Waals surface area contributed by atoms with Gasteiger partial charge < -0.3 is 26.6 Å². The zero-order valence-corrected chi connectivity index (χ0v) is 16.9. The smallest absolute Gasteiger partial charge is 0.328 e. The van der Waals surface area contributed by atoms with E-state index in [0.29, 0.717) is 5.02 Å². The van der Waals surface area contributed by atoms with Crippen LogP contribution in [0.4, 0.5) is 0 Å². The Kier molecular flexibility index (Phi) is 9.37. The number of carbonyl (C=O) groups is 3. The van der Waals surface area contributed by atoms with Gasteiger partial charge in [-0.3, -0.25) is 9.59 Å². The van der Waals surface area contributed by atoms with E-state index < -0.39 is 36.0 Å². The lowest BCUT2D eigenvalue weighted by molar-refractivity contribution is -0.144. The third kappa shape index (κ3) is 7.46. The van der Waals surface area contributed by atoms with Crippen molar-refractivity contribution < 1.29 is 24.6 Å². The fourth-order valence-corrected chi connectivity index (χ4v) is 2.66. The second-order valence-electron chi connectivity index (χ2n) is 7.09. The van der Waals surface area contributed by atoms with Crippen molar-refractivity contribution in [3.05, 3.63) is 34.9 Å². The minimum Gasteiger partial charge on any atom is -0.480 e. The lowest BCUT2D eigenvalue weighted by atomic mass is 9.94. The van der Waals surface area contributed by atoms with Crippen LogP contribution >= 0.6 is 11.6 Å². The van der Waals surface area contributed by atoms with Crippen molar-refractivity contribution in [2.75, 3.05) is 6.54 Å². The standard InChI is InChI=1S/C19H28ClN3O5/c1-10(2)16(21)18(26)22-9-13(12-4-6-14(20)7-5-12)8-15(25)23-17(11(3)24)19(27)28/h4-7,10-11,13,16-17,24H,8-9,21H2,1-3H3,(H,22,26)(H,23,25)(H,27,28)/t11-,13-,16-,17-/m0/s1. The summed E-state index contributed by atoms with van der Waals surface area (Å²) in [6.07, 6.45) is -1.34. The molecule has 1 aromatic rings. The van der Waals surface area contributed by atoms with Gasteiger partial charge in [0.25, 0.3) is 0 Å². The molecule has 0 spiro atoms. The first-order valence-corrected chi connectivity index (χ1v) is 9.39. The van der Waals surface area contributed by atoms with Crippen molar-refractivity contribution in [1.29, 1.82) is 0 Å². The predicted molar refractivity (Wildman–Crippen MR) is 106 cm³/mol. The van der Waals surface area contributed by atoms with Gasteiger partial charge in [-0.25, -0.2) is 4.79 Å². The maximum Gasteiger partial charge on any atom is 0.328 e. The van der Waals surface area contributed by atoms with Crippen LogP contribution in [0, 0.1) is 5.92 Å². The molecule has 2 amide bonds. The number of hydrogen-bond acceptors (Lipinski definition) is 5. The van der Waals surface area contributed by atoms with Gasteiger partial charge in [-0.2, -0.15) is 0 Å². The summed E-state index contributed by atoms with van der Waals surface area (Å²) in [7, 11) is 0. The van der Waals surface area contributed by atoms with Crippen LogP contribution in [0.25, 0.3) is 0 Å². The van der Waals surface area contributed by atoms with Gasteiger partial charge in [-0.05, 0) is 30.5 Å². The number of nitrogens with two attached hydrogens (primary N) is 1. The molecule has 0 saturated carbocycles. The summed E-state index contributed by atoms with van der Waals surface area (Å²) in [5.74, 6) is -2.69. The molecular weight excluding hydrogens is 386 g/mol. The Hall–Kier alpha value is -2.16. The van der Waals surface area contributed by atoms with Crippen molar-refractivity contribution in [1.82, 2.24) is 10.6 Å². The number of aliphatic hydroxyl groups excluding tert-OH is 1. The van der Waals surface area contributed by atoms with Crippen LogP contribution in [0.2, 0.25) is 5.02 Å². The van der Waals surface area contributed by atoms with Crippen LogP contribution in [0.5, 0.6) is 0 Å². The van der Waals surface area contributed by atoms with Crippen molar-refractivity contribution >= 4 is 29.4 Å². The average Bonchev–Trinajstić information content (AvgIpc) is 2.62. The van der Waals surface area contributed by atoms with E-state index in [1.54, 1.807) is 24.3 Å². The van der Waals surface area contributed by atoms with E-state index in [-0.39, 0.29) is 24.8 Å². The highest BCUT2D eigenvalue weighted by atomic mass is 35.5. The van der Waals surface area contributed by atoms with Gasteiger partial charge in [0.05, 0.1) is 12.1 Å². The maximum atomic E-state index is 12.4. The quantitative estimate of drug-likeness (QED) is 0.385. The summed E-state index contributed by atoms with van der Waals surface area (Å²) in [5.41, 5.74) is 6.59. The van der Waals surface area contributed by atoms with Crippen LogP contribution in [0.3, 0.4) is 0 Å². The molecular formula is C19H28ClN3O5. The van der Waals surface area contributed by atoms with Crippen LogP contribution in [0.1, 0.15) is 38.7 Å². The number of carbonyl (C=O) groups excluding carboxylic acids is 2. The summed E-state index contributed by atoms with van der Waals surface area (Å²) >= 11 is 5.91. The molecule has 9 heteroatoms. The highest BCUT2D eigenvalue weighted by molar-refractivity contribution is 6.30. The van der Waals surface area contributed by atoms with Gasteiger partial charge >= 0.3 is 5.97 Å². The molecule has 4 atom stereocenters. The topological polar surface area (TPSA) is 142 Å². The molecule has 0 aliphatic carbocycles. The van der Waals surface area contributed by atoms with Crippen molar-refractivity contribution in [2.45, 2.75) is 51.3 Å². The number of nitrogens with one attached hydrogen (secondary N) is 2. The molecule has 8 nitrogen and oxygen atoms in total. The van der Waals surface area contributed by atoms with Gasteiger partial charge in [0.15, 0.2) is 6.04 Å². The molecule has 0 aliphatic rings. The van der Waals surface area contributed by atoms with Crippen LogP contribution in [-0.2, 0) is 14.4 Å². The summed E-state index contributed by atoms with van der Waals surface area (Å²) < 4.78 is 0. The SMILES string of the molecule is CC(C)[C@H](N)C(=O)NC[C@H](CC(=O)N[C@H](C(=O)O)[C@H](C)O)c1ccc(Cl)cc1. The first-order valence-electron chi connectivity index (χ1n) is 9.01. The van der Waals surface area contributed by atoms with Crippen molar-refractivity contribution in [3.8, 4) is 0 Å². The van der Waals surface area contributed by atoms with Crippen molar-refractivity contribution in [3.63, 3.8) is 0 Å². The number of aliphatic carboxylic acids is 1. The third-order valence-electron chi connectivity index (χ3n) is 4.38. The monoisotopic (exact) mass is 413 g/mol. The Balaban J connectivity index is 2.89. The second-order valence-corrected chi connectivity index (χ2v) is 7.53. The Bertz CT molecular complexity index is 679. The van der Waals surface area contributed by atoms with Gasteiger partial charge in [0, 0.05) is 23.9 Å². The van der Waals surface area contributed by atoms with Gasteiger partial charge in [-0.1, -0.05) is 37.6 Å². The molecule has 0 aromatic heterocycles. The molecule has 0 unspecified atom stereocenters. The van der Waals surface area contributed by atoms with Crippen LogP contribution in [-0.4, -0.2) is 52.7 Å². The maximum absolute atomic E-state index is 12.4. The van der Waals surface area contributed by atoms with Gasteiger partial charge in [0.1, 0.15) is 0 Å². The van der Waals surface area contributed by atoms with Crippen LogP contribution < -0.4 is 16.4 Å². The lowest BCUT2D eigenvalue weighted by Crippen LogP contribution is -2.48. The minimum absolute atomic E-state index is 0.0420. The molecule has 6 N–H and O–H groups in total. The van der Waals surface area contributed by atoms with E-state index in [2.05, 4.69) is 10.6 Å². The average molecular weight is 414 g/mol. The number of rotatable bonds is 10. The van der Waals surface area contributed by atoms with E-state index in [1.165, 1.54) is 6.92 Å². The molecule has 0 saturated heterocycles. The Morgan fingerprint density at radius 1 is 1.14 bits per heavy atom. The van der Waals surface area contributed by atoms with E-state index in [9.17, 15) is 19.5 Å². The van der Waals surface area contributed by atoms with Gasteiger partial charge in [0.2, 0.25) is 11.8 Å². The molecule has 0 heterocycles. The fourth-order valence-electron chi connectivity index (χ4n) is 2.53. The molecule has 0 fully saturated rings. The molecule has 1 rings (SSSR count). The van der Waals surface area contributed by atoms with E-state index in [0.717, 1.165) is 5.56 Å². The summed E-state index contributed by atoms with van der Waals surface area (Å²) in [4.78, 5) is 35.7. The summed E-state index contributed by atoms with van der Waals surface area (Å²) in [6, 6.07) is 4.71. The second kappa shape index (κ2) is 11.0. The number of carboxylic acid groups (broad SMARTS) is 1. The highest BCUT2D eigenvalue weighted by Crippen LogP contribution is 2.21. The van der Waals surface area contributed by atoms with E-state index in [1.807, 2.05) is 13.8 Å². The highest BCUT2D eigenvalue weighted by Gasteiger charge is 2.27. The molecule has 0 aliphatic heterocycles. The molecule has 28 heavy (non-hydrogen) atoms. The first kappa shape index (κ1) is 23.9. The number of aliphatic hydroxyl groups is 1. The van der Waals surface area contributed by atoms with Gasteiger partial charge in [-0.15, -0.1) is 0 Å². The Labute approximate surface area is 169 Å². The third-order valence-corrected chi connectivity index (χ3v) is 4.63. The summed E-state index contributed by atoms with van der Waals surface area (Å²) in [6.45, 7) is 5.08. The number of benzene rings is 1. The normalized spacial score (nSPS) is 15.4. The molecule has 156 valence electrons. The largest absolute Gasteiger partial charge is 0.480 e. The summed E-state index contributed by atoms with van der Waals surface area (Å²) in [5, 5.41) is 24.2. The molecule has 1 aromatic carbocycles. The Morgan fingerprint density at radius 3 is 2.18 bits per heavy atom. The van der Waals surface area contributed by atoms with E-state index in [4.69, 9.17) is 22.4 Å². The van der Waals surface area contributed by atoms with E-state index >= 15 is 0 Å². The Morgan fingerprint density at radius 2 is 1.71 bits per heavy atom. The first-order chi connectivity index (χ1) is 13.0. The fraction of sp³-hybridized carbons (Fsp3) is 0.526. The number of carboxylic acids is 1. The zero-order chi connectivity index (χ0) is 21.4. The number of amides is 2. The minimum atomic E-state index is -1.41. The molecule has 0 bridgehead atoms. The molecule has 0 radical (unpaired) electrons. The van der Waals surface area contributed by atoms with Crippen LogP contribution in [0.15, 0.2) is 24.3 Å². The van der Waals surface area contributed by atoms with Crippen molar-refractivity contribution in [2.24, 2.45) is 11.7 Å². The lowest BCUT2D eigenvalue weighted by Gasteiger charge is -2.22. The predicted octanol–water partition coefficient (Wildman–Crippen LogP) is 0.863. The number of halogens is 1. The number of hydrogen-bond donors (Lipinski definition) is 5. The zero-order valence-electron chi connectivity index (χ0n) is 16.2.